The largest absolute Gasteiger partial charge is 0.480 e. The molecular formula is C21H15NO3S. The summed E-state index contributed by atoms with van der Waals surface area (Å²) in [4.78, 5) is 24.0. The van der Waals surface area contributed by atoms with Gasteiger partial charge in [-0.3, -0.25) is 9.36 Å². The molecule has 0 amide bonds. The molecule has 128 valence electrons. The number of aliphatic carboxylic acids is 1. The minimum absolute atomic E-state index is 0.313. The average molecular weight is 361 g/mol. The third-order valence-electron chi connectivity index (χ3n) is 4.67. The standard InChI is InChI=1S/C21H15NO3S/c1-2-16-15(10-14-8-5-7-13-6-3-4-9-17(13)14)11-19(23)22-18(21(24)25)12-26-20(16)22/h1,3-9,11,18H,10,12H2,(H,24,25). The number of pyridine rings is 1. The summed E-state index contributed by atoms with van der Waals surface area (Å²) in [5, 5.41) is 12.2. The van der Waals surface area contributed by atoms with Crippen molar-refractivity contribution in [3.05, 3.63) is 75.6 Å². The lowest BCUT2D eigenvalue weighted by Crippen LogP contribution is -2.29. The second-order valence-electron chi connectivity index (χ2n) is 6.18. The van der Waals surface area contributed by atoms with Gasteiger partial charge in [0.25, 0.3) is 5.56 Å². The fourth-order valence-electron chi connectivity index (χ4n) is 3.45. The average Bonchev–Trinajstić information content (AvgIpc) is 3.08. The van der Waals surface area contributed by atoms with Crippen LogP contribution in [0, 0.1) is 12.3 Å². The van der Waals surface area contributed by atoms with E-state index in [1.54, 1.807) is 0 Å². The van der Waals surface area contributed by atoms with Crippen molar-refractivity contribution in [2.75, 3.05) is 5.75 Å². The number of rotatable bonds is 3. The monoisotopic (exact) mass is 361 g/mol. The number of carboxylic acids is 1. The number of terminal acetylenes is 1. The molecular weight excluding hydrogens is 346 g/mol. The van der Waals surface area contributed by atoms with Gasteiger partial charge in [0.2, 0.25) is 0 Å². The first-order valence-corrected chi connectivity index (χ1v) is 9.16. The van der Waals surface area contributed by atoms with Gasteiger partial charge in [-0.2, -0.15) is 0 Å². The highest BCUT2D eigenvalue weighted by atomic mass is 32.2. The number of hydrogen-bond donors (Lipinski definition) is 1. The fourth-order valence-corrected chi connectivity index (χ4v) is 4.74. The van der Waals surface area contributed by atoms with Gasteiger partial charge in [-0.25, -0.2) is 4.79 Å². The van der Waals surface area contributed by atoms with E-state index in [1.807, 2.05) is 36.4 Å². The van der Waals surface area contributed by atoms with Gasteiger partial charge >= 0.3 is 5.97 Å². The Labute approximate surface area is 154 Å². The highest BCUT2D eigenvalue weighted by molar-refractivity contribution is 7.99. The van der Waals surface area contributed by atoms with E-state index in [4.69, 9.17) is 6.42 Å². The molecule has 0 saturated carbocycles. The van der Waals surface area contributed by atoms with Crippen molar-refractivity contribution in [1.29, 1.82) is 0 Å². The number of carbonyl (C=O) groups is 1. The smallest absolute Gasteiger partial charge is 0.327 e. The van der Waals surface area contributed by atoms with Gasteiger partial charge in [-0.1, -0.05) is 48.4 Å². The van der Waals surface area contributed by atoms with E-state index in [1.165, 1.54) is 22.4 Å². The third kappa shape index (κ3) is 2.59. The normalized spacial score (nSPS) is 15.6. The Morgan fingerprint density at radius 2 is 2.00 bits per heavy atom. The Kier molecular flexibility index (Phi) is 4.06. The second-order valence-corrected chi connectivity index (χ2v) is 7.19. The maximum Gasteiger partial charge on any atom is 0.327 e. The molecule has 26 heavy (non-hydrogen) atoms. The lowest BCUT2D eigenvalue weighted by molar-refractivity contribution is -0.140. The van der Waals surface area contributed by atoms with E-state index in [0.29, 0.717) is 22.8 Å². The van der Waals surface area contributed by atoms with E-state index in [-0.39, 0.29) is 5.56 Å². The van der Waals surface area contributed by atoms with Crippen LogP contribution >= 0.6 is 11.8 Å². The van der Waals surface area contributed by atoms with Crippen LogP contribution in [0.15, 0.2) is 58.4 Å². The molecule has 0 fully saturated rings. The predicted octanol–water partition coefficient (Wildman–Crippen LogP) is 3.31. The summed E-state index contributed by atoms with van der Waals surface area (Å²) >= 11 is 1.34. The quantitative estimate of drug-likeness (QED) is 0.727. The topological polar surface area (TPSA) is 59.3 Å². The summed E-state index contributed by atoms with van der Waals surface area (Å²) in [6, 6.07) is 14.8. The molecule has 0 spiro atoms. The molecule has 1 aliphatic rings. The Balaban J connectivity index is 1.86. The molecule has 4 rings (SSSR count). The van der Waals surface area contributed by atoms with Crippen LogP contribution in [0.1, 0.15) is 22.7 Å². The summed E-state index contributed by atoms with van der Waals surface area (Å²) in [7, 11) is 0. The summed E-state index contributed by atoms with van der Waals surface area (Å²) in [6.45, 7) is 0. The predicted molar refractivity (Wildman–Crippen MR) is 103 cm³/mol. The molecule has 1 aliphatic heterocycles. The van der Waals surface area contributed by atoms with Crippen LogP contribution in [0.3, 0.4) is 0 Å². The minimum atomic E-state index is -1.01. The SMILES string of the molecule is C#Cc1c(Cc2cccc3ccccc23)cc(=O)n2c1SCC2C(=O)O. The summed E-state index contributed by atoms with van der Waals surface area (Å²) in [5.41, 5.74) is 2.15. The molecule has 2 heterocycles. The molecule has 0 saturated heterocycles. The molecule has 2 aromatic carbocycles. The first-order chi connectivity index (χ1) is 12.6. The molecule has 1 atom stereocenters. The number of fused-ring (bicyclic) bond motifs is 2. The molecule has 1 aromatic heterocycles. The van der Waals surface area contributed by atoms with Crippen LogP contribution in [-0.4, -0.2) is 21.4 Å². The van der Waals surface area contributed by atoms with Gasteiger partial charge in [-0.05, 0) is 28.3 Å². The van der Waals surface area contributed by atoms with Crippen LogP contribution in [-0.2, 0) is 11.2 Å². The molecule has 0 bridgehead atoms. The Hall–Kier alpha value is -2.97. The maximum absolute atomic E-state index is 12.6. The highest BCUT2D eigenvalue weighted by Crippen LogP contribution is 2.36. The van der Waals surface area contributed by atoms with Gasteiger partial charge in [0.1, 0.15) is 6.04 Å². The first kappa shape index (κ1) is 16.5. The van der Waals surface area contributed by atoms with E-state index in [9.17, 15) is 14.7 Å². The van der Waals surface area contributed by atoms with Crippen molar-refractivity contribution >= 4 is 28.5 Å². The first-order valence-electron chi connectivity index (χ1n) is 8.17. The molecule has 0 radical (unpaired) electrons. The van der Waals surface area contributed by atoms with Gasteiger partial charge in [0, 0.05) is 11.8 Å². The summed E-state index contributed by atoms with van der Waals surface area (Å²) < 4.78 is 1.31. The molecule has 3 aromatic rings. The summed E-state index contributed by atoms with van der Waals surface area (Å²) in [6.07, 6.45) is 6.27. The van der Waals surface area contributed by atoms with Crippen molar-refractivity contribution in [1.82, 2.24) is 4.57 Å². The zero-order valence-electron chi connectivity index (χ0n) is 13.8. The molecule has 1 N–H and O–H groups in total. The molecule has 0 aliphatic carbocycles. The van der Waals surface area contributed by atoms with Crippen molar-refractivity contribution in [2.24, 2.45) is 0 Å². The van der Waals surface area contributed by atoms with Gasteiger partial charge < -0.3 is 5.11 Å². The van der Waals surface area contributed by atoms with Gasteiger partial charge in [0.15, 0.2) is 0 Å². The van der Waals surface area contributed by atoms with Crippen LogP contribution in [0.25, 0.3) is 10.8 Å². The van der Waals surface area contributed by atoms with Crippen molar-refractivity contribution < 1.29 is 9.90 Å². The Bertz CT molecular complexity index is 1130. The van der Waals surface area contributed by atoms with Crippen LogP contribution in [0.2, 0.25) is 0 Å². The maximum atomic E-state index is 12.6. The van der Waals surface area contributed by atoms with E-state index in [0.717, 1.165) is 21.9 Å². The van der Waals surface area contributed by atoms with E-state index >= 15 is 0 Å². The zero-order valence-corrected chi connectivity index (χ0v) is 14.6. The van der Waals surface area contributed by atoms with Crippen molar-refractivity contribution in [2.45, 2.75) is 17.5 Å². The third-order valence-corrected chi connectivity index (χ3v) is 5.83. The number of hydrogen-bond acceptors (Lipinski definition) is 3. The van der Waals surface area contributed by atoms with Gasteiger partial charge in [0.05, 0.1) is 10.6 Å². The van der Waals surface area contributed by atoms with Crippen molar-refractivity contribution in [3.63, 3.8) is 0 Å². The van der Waals surface area contributed by atoms with Crippen LogP contribution in [0.5, 0.6) is 0 Å². The van der Waals surface area contributed by atoms with E-state index in [2.05, 4.69) is 12.0 Å². The molecule has 1 unspecified atom stereocenters. The number of nitrogens with zero attached hydrogens (tertiary/aromatic N) is 1. The molecule has 5 heteroatoms. The number of carboxylic acid groups (broad SMARTS) is 1. The Morgan fingerprint density at radius 3 is 2.77 bits per heavy atom. The number of aromatic nitrogens is 1. The fraction of sp³-hybridized carbons (Fsp3) is 0.143. The lowest BCUT2D eigenvalue weighted by Gasteiger charge is -2.14. The summed E-state index contributed by atoms with van der Waals surface area (Å²) in [5.74, 6) is 1.98. The lowest BCUT2D eigenvalue weighted by atomic mass is 9.96. The van der Waals surface area contributed by atoms with Crippen LogP contribution < -0.4 is 5.56 Å². The van der Waals surface area contributed by atoms with E-state index < -0.39 is 12.0 Å². The van der Waals surface area contributed by atoms with Crippen LogP contribution in [0.4, 0.5) is 0 Å². The molecule has 4 nitrogen and oxygen atoms in total. The number of benzene rings is 2. The second kappa shape index (κ2) is 6.40. The minimum Gasteiger partial charge on any atom is -0.480 e. The zero-order chi connectivity index (χ0) is 18.3. The number of thioether (sulfide) groups is 1. The highest BCUT2D eigenvalue weighted by Gasteiger charge is 2.32. The Morgan fingerprint density at radius 1 is 1.23 bits per heavy atom. The van der Waals surface area contributed by atoms with Crippen molar-refractivity contribution in [3.8, 4) is 12.3 Å². The van der Waals surface area contributed by atoms with Gasteiger partial charge in [-0.15, -0.1) is 18.2 Å².